The number of hydrogen-bond acceptors (Lipinski definition) is 4. The molecule has 116 valence electrons. The highest BCUT2D eigenvalue weighted by atomic mass is 16.5. The van der Waals surface area contributed by atoms with Gasteiger partial charge in [0.05, 0.1) is 37.1 Å². The molecule has 1 atom stereocenters. The molecule has 1 aromatic rings. The molecule has 1 fully saturated rings. The van der Waals surface area contributed by atoms with E-state index in [0.717, 1.165) is 5.69 Å². The first-order valence-electron chi connectivity index (χ1n) is 6.91. The number of morpholine rings is 1. The summed E-state index contributed by atoms with van der Waals surface area (Å²) < 4.78 is 6.90. The Labute approximate surface area is 122 Å². The highest BCUT2D eigenvalue weighted by molar-refractivity contribution is 5.90. The molecular formula is C13H20N4O4. The molecule has 0 aromatic carbocycles. The van der Waals surface area contributed by atoms with Crippen molar-refractivity contribution in [3.63, 3.8) is 0 Å². The Balaban J connectivity index is 2.08. The number of carboxylic acids is 1. The number of aromatic nitrogens is 2. The first-order chi connectivity index (χ1) is 10.0. The summed E-state index contributed by atoms with van der Waals surface area (Å²) in [6.45, 7) is 3.00. The van der Waals surface area contributed by atoms with Gasteiger partial charge in [0.25, 0.3) is 0 Å². The zero-order valence-electron chi connectivity index (χ0n) is 12.2. The van der Waals surface area contributed by atoms with Gasteiger partial charge in [-0.3, -0.25) is 9.48 Å². The van der Waals surface area contributed by atoms with E-state index in [9.17, 15) is 9.59 Å². The predicted octanol–water partition coefficient (Wildman–Crippen LogP) is 0.690. The molecule has 2 rings (SSSR count). The number of carbonyl (C=O) groups excluding carboxylic acids is 1. The van der Waals surface area contributed by atoms with E-state index in [1.165, 1.54) is 4.90 Å². The molecular weight excluding hydrogens is 276 g/mol. The Hall–Kier alpha value is -2.09. The number of anilines is 1. The first kappa shape index (κ1) is 15.3. The highest BCUT2D eigenvalue weighted by Crippen LogP contribution is 2.17. The molecule has 0 radical (unpaired) electrons. The zero-order valence-corrected chi connectivity index (χ0v) is 12.2. The monoisotopic (exact) mass is 296 g/mol. The number of aliphatic carboxylic acids is 1. The SMILES string of the molecule is CCc1nn(C)cc1NC(=O)N1CCOCC1CC(=O)O. The molecule has 2 heterocycles. The normalized spacial score (nSPS) is 18.6. The van der Waals surface area contributed by atoms with Gasteiger partial charge in [0, 0.05) is 19.8 Å². The number of ether oxygens (including phenoxy) is 1. The third-order valence-electron chi connectivity index (χ3n) is 3.38. The van der Waals surface area contributed by atoms with E-state index in [1.54, 1.807) is 17.9 Å². The minimum absolute atomic E-state index is 0.124. The van der Waals surface area contributed by atoms with Crippen molar-refractivity contribution in [1.82, 2.24) is 14.7 Å². The van der Waals surface area contributed by atoms with Gasteiger partial charge < -0.3 is 20.1 Å². The molecule has 1 aliphatic heterocycles. The Bertz CT molecular complexity index is 528. The van der Waals surface area contributed by atoms with Crippen molar-refractivity contribution >= 4 is 17.7 Å². The third-order valence-corrected chi connectivity index (χ3v) is 3.38. The van der Waals surface area contributed by atoms with Crippen LogP contribution in [-0.4, -0.2) is 57.6 Å². The summed E-state index contributed by atoms with van der Waals surface area (Å²) in [6, 6.07) is -0.759. The number of carbonyl (C=O) groups is 2. The number of nitrogens with one attached hydrogen (secondary N) is 1. The molecule has 1 aromatic heterocycles. The first-order valence-corrected chi connectivity index (χ1v) is 6.91. The zero-order chi connectivity index (χ0) is 15.4. The number of rotatable bonds is 4. The number of amides is 2. The van der Waals surface area contributed by atoms with Gasteiger partial charge in [-0.15, -0.1) is 0 Å². The van der Waals surface area contributed by atoms with Crippen LogP contribution in [0, 0.1) is 0 Å². The van der Waals surface area contributed by atoms with E-state index >= 15 is 0 Å². The Morgan fingerprint density at radius 3 is 3.00 bits per heavy atom. The smallest absolute Gasteiger partial charge is 0.322 e. The van der Waals surface area contributed by atoms with Gasteiger partial charge >= 0.3 is 12.0 Å². The summed E-state index contributed by atoms with van der Waals surface area (Å²) in [7, 11) is 1.79. The predicted molar refractivity (Wildman–Crippen MR) is 75.2 cm³/mol. The van der Waals surface area contributed by atoms with Gasteiger partial charge in [-0.2, -0.15) is 5.10 Å². The van der Waals surface area contributed by atoms with Crippen LogP contribution in [0.15, 0.2) is 6.20 Å². The van der Waals surface area contributed by atoms with Crippen molar-refractivity contribution in [3.8, 4) is 0 Å². The van der Waals surface area contributed by atoms with Crippen LogP contribution in [0.4, 0.5) is 10.5 Å². The second kappa shape index (κ2) is 6.57. The lowest BCUT2D eigenvalue weighted by Gasteiger charge is -2.34. The summed E-state index contributed by atoms with van der Waals surface area (Å²) in [6.07, 6.45) is 2.32. The highest BCUT2D eigenvalue weighted by Gasteiger charge is 2.29. The molecule has 8 nitrogen and oxygen atoms in total. The average Bonchev–Trinajstić information content (AvgIpc) is 2.78. The van der Waals surface area contributed by atoms with Crippen LogP contribution >= 0.6 is 0 Å². The van der Waals surface area contributed by atoms with Crippen LogP contribution in [0.3, 0.4) is 0 Å². The van der Waals surface area contributed by atoms with Crippen molar-refractivity contribution in [2.75, 3.05) is 25.1 Å². The largest absolute Gasteiger partial charge is 0.481 e. The van der Waals surface area contributed by atoms with Crippen molar-refractivity contribution in [3.05, 3.63) is 11.9 Å². The second-order valence-corrected chi connectivity index (χ2v) is 4.97. The minimum Gasteiger partial charge on any atom is -0.481 e. The van der Waals surface area contributed by atoms with Gasteiger partial charge in [-0.1, -0.05) is 6.92 Å². The van der Waals surface area contributed by atoms with Crippen LogP contribution in [0.5, 0.6) is 0 Å². The van der Waals surface area contributed by atoms with E-state index in [1.807, 2.05) is 6.92 Å². The third kappa shape index (κ3) is 3.72. The molecule has 2 N–H and O–H groups in total. The fourth-order valence-electron chi connectivity index (χ4n) is 2.38. The molecule has 1 aliphatic rings. The maximum Gasteiger partial charge on any atom is 0.322 e. The maximum atomic E-state index is 12.4. The molecule has 21 heavy (non-hydrogen) atoms. The molecule has 0 saturated carbocycles. The van der Waals surface area contributed by atoms with Crippen molar-refractivity contribution in [2.24, 2.45) is 7.05 Å². The molecule has 0 spiro atoms. The second-order valence-electron chi connectivity index (χ2n) is 4.97. The molecule has 8 heteroatoms. The number of hydrogen-bond donors (Lipinski definition) is 2. The van der Waals surface area contributed by atoms with Crippen LogP contribution in [-0.2, 0) is 23.0 Å². The van der Waals surface area contributed by atoms with Crippen LogP contribution in [0.25, 0.3) is 0 Å². The number of nitrogens with zero attached hydrogens (tertiary/aromatic N) is 3. The van der Waals surface area contributed by atoms with E-state index < -0.39 is 12.0 Å². The van der Waals surface area contributed by atoms with E-state index in [-0.39, 0.29) is 19.1 Å². The Morgan fingerprint density at radius 1 is 1.57 bits per heavy atom. The van der Waals surface area contributed by atoms with Crippen LogP contribution in [0.2, 0.25) is 0 Å². The van der Waals surface area contributed by atoms with E-state index in [4.69, 9.17) is 9.84 Å². The topological polar surface area (TPSA) is 96.7 Å². The molecule has 0 bridgehead atoms. The number of carboxylic acid groups (broad SMARTS) is 1. The fourth-order valence-corrected chi connectivity index (χ4v) is 2.38. The Kier molecular flexibility index (Phi) is 4.79. The lowest BCUT2D eigenvalue weighted by Crippen LogP contribution is -2.51. The van der Waals surface area contributed by atoms with Gasteiger partial charge in [-0.25, -0.2) is 4.79 Å². The summed E-state index contributed by atoms with van der Waals surface area (Å²) in [4.78, 5) is 24.8. The lowest BCUT2D eigenvalue weighted by molar-refractivity contribution is -0.139. The van der Waals surface area contributed by atoms with E-state index in [0.29, 0.717) is 25.3 Å². The quantitative estimate of drug-likeness (QED) is 0.852. The van der Waals surface area contributed by atoms with Crippen molar-refractivity contribution < 1.29 is 19.4 Å². The molecule has 1 saturated heterocycles. The van der Waals surface area contributed by atoms with Crippen molar-refractivity contribution in [1.29, 1.82) is 0 Å². The summed E-state index contributed by atoms with van der Waals surface area (Å²) in [5.41, 5.74) is 1.46. The lowest BCUT2D eigenvalue weighted by atomic mass is 10.1. The van der Waals surface area contributed by atoms with Crippen LogP contribution in [0.1, 0.15) is 19.0 Å². The summed E-state index contributed by atoms with van der Waals surface area (Å²) >= 11 is 0. The standard InChI is InChI=1S/C13H20N4O4/c1-3-10-11(7-16(2)15-10)14-13(20)17-4-5-21-8-9(17)6-12(18)19/h7,9H,3-6,8H2,1-2H3,(H,14,20)(H,18,19). The van der Waals surface area contributed by atoms with Crippen molar-refractivity contribution in [2.45, 2.75) is 25.8 Å². The van der Waals surface area contributed by atoms with Gasteiger partial charge in [0.1, 0.15) is 0 Å². The fraction of sp³-hybridized carbons (Fsp3) is 0.615. The van der Waals surface area contributed by atoms with Crippen LogP contribution < -0.4 is 5.32 Å². The Morgan fingerprint density at radius 2 is 2.33 bits per heavy atom. The summed E-state index contributed by atoms with van der Waals surface area (Å²) in [5, 5.41) is 16.0. The molecule has 0 aliphatic carbocycles. The van der Waals surface area contributed by atoms with Gasteiger partial charge in [0.2, 0.25) is 0 Å². The van der Waals surface area contributed by atoms with E-state index in [2.05, 4.69) is 10.4 Å². The maximum absolute atomic E-state index is 12.4. The number of urea groups is 1. The van der Waals surface area contributed by atoms with Gasteiger partial charge in [-0.05, 0) is 6.42 Å². The minimum atomic E-state index is -0.945. The summed E-state index contributed by atoms with van der Waals surface area (Å²) in [5.74, 6) is -0.945. The molecule has 2 amide bonds. The number of aryl methyl sites for hydroxylation is 2. The van der Waals surface area contributed by atoms with Gasteiger partial charge in [0.15, 0.2) is 0 Å². The molecule has 1 unspecified atom stereocenters. The average molecular weight is 296 g/mol.